The molecule has 0 saturated heterocycles. The molecule has 1 fully saturated rings. The van der Waals surface area contributed by atoms with E-state index in [-0.39, 0.29) is 23.5 Å². The predicted octanol–water partition coefficient (Wildman–Crippen LogP) is 3.13. The van der Waals surface area contributed by atoms with Crippen LogP contribution in [0.25, 0.3) is 5.52 Å². The molecule has 1 aromatic carbocycles. The van der Waals surface area contributed by atoms with Crippen LogP contribution in [0, 0.1) is 11.3 Å². The monoisotopic (exact) mass is 373 g/mol. The highest BCUT2D eigenvalue weighted by molar-refractivity contribution is 6.06. The lowest BCUT2D eigenvalue weighted by atomic mass is 10.2. The Bertz CT molecular complexity index is 1070. The Morgan fingerprint density at radius 2 is 1.82 bits per heavy atom. The molecule has 28 heavy (non-hydrogen) atoms. The summed E-state index contributed by atoms with van der Waals surface area (Å²) in [7, 11) is 0. The third-order valence-electron chi connectivity index (χ3n) is 4.93. The fraction of sp³-hybridized carbons (Fsp3) is 0.238. The van der Waals surface area contributed by atoms with Crippen molar-refractivity contribution in [3.8, 4) is 6.07 Å². The molecule has 140 valence electrons. The van der Waals surface area contributed by atoms with Crippen LogP contribution in [0.3, 0.4) is 0 Å². The zero-order valence-electron chi connectivity index (χ0n) is 15.2. The van der Waals surface area contributed by atoms with Gasteiger partial charge in [0, 0.05) is 17.9 Å². The standard InChI is InChI=1S/C21H19N5O2/c22-13-14-8-10-16(11-9-14)24-21(28)19-25-18(17-7-3-4-12-26(17)19)20(27)23-15-5-1-2-6-15/h3-4,7-12,15H,1-2,5-6H2,(H,23,27)(H,24,28). The third-order valence-corrected chi connectivity index (χ3v) is 4.93. The van der Waals surface area contributed by atoms with Crippen molar-refractivity contribution in [1.29, 1.82) is 5.26 Å². The molecule has 0 spiro atoms. The molecule has 0 aliphatic heterocycles. The largest absolute Gasteiger partial charge is 0.348 e. The van der Waals surface area contributed by atoms with Gasteiger partial charge in [-0.25, -0.2) is 4.98 Å². The normalized spacial score (nSPS) is 14.0. The van der Waals surface area contributed by atoms with E-state index in [9.17, 15) is 9.59 Å². The van der Waals surface area contributed by atoms with E-state index in [2.05, 4.69) is 15.6 Å². The number of benzene rings is 1. The van der Waals surface area contributed by atoms with E-state index in [1.165, 1.54) is 0 Å². The summed E-state index contributed by atoms with van der Waals surface area (Å²) >= 11 is 0. The van der Waals surface area contributed by atoms with E-state index in [0.29, 0.717) is 16.8 Å². The number of carbonyl (C=O) groups excluding carboxylic acids is 2. The molecule has 1 aliphatic carbocycles. The highest BCUT2D eigenvalue weighted by atomic mass is 16.2. The van der Waals surface area contributed by atoms with Gasteiger partial charge in [-0.1, -0.05) is 18.9 Å². The molecule has 7 nitrogen and oxygen atoms in total. The van der Waals surface area contributed by atoms with Crippen molar-refractivity contribution in [2.75, 3.05) is 5.32 Å². The summed E-state index contributed by atoms with van der Waals surface area (Å²) in [6.45, 7) is 0. The van der Waals surface area contributed by atoms with E-state index >= 15 is 0 Å². The zero-order valence-corrected chi connectivity index (χ0v) is 15.2. The number of aromatic nitrogens is 2. The maximum absolute atomic E-state index is 12.8. The van der Waals surface area contributed by atoms with Crippen LogP contribution >= 0.6 is 0 Å². The van der Waals surface area contributed by atoms with E-state index in [0.717, 1.165) is 25.7 Å². The molecule has 0 radical (unpaired) electrons. The molecule has 0 atom stereocenters. The van der Waals surface area contributed by atoms with Crippen LogP contribution in [0.1, 0.15) is 52.4 Å². The number of hydrogen-bond donors (Lipinski definition) is 2. The lowest BCUT2D eigenvalue weighted by Crippen LogP contribution is -2.33. The molecule has 7 heteroatoms. The van der Waals surface area contributed by atoms with Crippen molar-refractivity contribution in [3.63, 3.8) is 0 Å². The number of rotatable bonds is 4. The number of imidazole rings is 1. The van der Waals surface area contributed by atoms with E-state index in [1.54, 1.807) is 47.0 Å². The third kappa shape index (κ3) is 3.45. The van der Waals surface area contributed by atoms with Crippen molar-refractivity contribution >= 4 is 23.0 Å². The summed E-state index contributed by atoms with van der Waals surface area (Å²) in [4.78, 5) is 29.8. The molecule has 2 aromatic heterocycles. The van der Waals surface area contributed by atoms with E-state index in [1.807, 2.05) is 12.1 Å². The Balaban J connectivity index is 1.62. The van der Waals surface area contributed by atoms with Gasteiger partial charge in [0.25, 0.3) is 11.8 Å². The van der Waals surface area contributed by atoms with Gasteiger partial charge >= 0.3 is 0 Å². The van der Waals surface area contributed by atoms with Crippen LogP contribution in [0.2, 0.25) is 0 Å². The Morgan fingerprint density at radius 1 is 1.07 bits per heavy atom. The number of nitriles is 1. The number of hydrogen-bond acceptors (Lipinski definition) is 4. The van der Waals surface area contributed by atoms with Gasteiger partial charge in [-0.2, -0.15) is 5.26 Å². The molecule has 0 bridgehead atoms. The van der Waals surface area contributed by atoms with Crippen molar-refractivity contribution in [3.05, 3.63) is 65.7 Å². The first-order chi connectivity index (χ1) is 13.7. The first-order valence-electron chi connectivity index (χ1n) is 9.25. The maximum atomic E-state index is 12.8. The second-order valence-corrected chi connectivity index (χ2v) is 6.84. The highest BCUT2D eigenvalue weighted by Crippen LogP contribution is 2.20. The van der Waals surface area contributed by atoms with Crippen LogP contribution < -0.4 is 10.6 Å². The fourth-order valence-corrected chi connectivity index (χ4v) is 3.50. The second-order valence-electron chi connectivity index (χ2n) is 6.84. The average molecular weight is 373 g/mol. The smallest absolute Gasteiger partial charge is 0.292 e. The number of amides is 2. The zero-order chi connectivity index (χ0) is 19.5. The lowest BCUT2D eigenvalue weighted by Gasteiger charge is -2.10. The molecule has 2 heterocycles. The second kappa shape index (κ2) is 7.53. The first-order valence-corrected chi connectivity index (χ1v) is 9.25. The number of nitrogens with one attached hydrogen (secondary N) is 2. The summed E-state index contributed by atoms with van der Waals surface area (Å²) in [6.07, 6.45) is 5.90. The minimum atomic E-state index is -0.425. The molecule has 2 amide bonds. The molecule has 3 aromatic rings. The maximum Gasteiger partial charge on any atom is 0.292 e. The quantitative estimate of drug-likeness (QED) is 0.734. The van der Waals surface area contributed by atoms with Crippen LogP contribution in [-0.2, 0) is 0 Å². The SMILES string of the molecule is N#Cc1ccc(NC(=O)c2nc(C(=O)NC3CCCC3)c3ccccn23)cc1. The molecule has 1 saturated carbocycles. The van der Waals surface area contributed by atoms with Crippen molar-refractivity contribution in [1.82, 2.24) is 14.7 Å². The molecular formula is C21H19N5O2. The van der Waals surface area contributed by atoms with Gasteiger partial charge in [0.2, 0.25) is 5.82 Å². The summed E-state index contributed by atoms with van der Waals surface area (Å²) in [5.41, 5.74) is 1.89. The van der Waals surface area contributed by atoms with Gasteiger partial charge in [-0.05, 0) is 49.2 Å². The predicted molar refractivity (Wildman–Crippen MR) is 104 cm³/mol. The van der Waals surface area contributed by atoms with Gasteiger partial charge in [-0.3, -0.25) is 14.0 Å². The Hall–Kier alpha value is -3.66. The van der Waals surface area contributed by atoms with E-state index in [4.69, 9.17) is 5.26 Å². The van der Waals surface area contributed by atoms with Gasteiger partial charge in [0.15, 0.2) is 5.69 Å². The number of pyridine rings is 1. The van der Waals surface area contributed by atoms with Gasteiger partial charge in [0.1, 0.15) is 0 Å². The summed E-state index contributed by atoms with van der Waals surface area (Å²) in [5.74, 6) is -0.546. The van der Waals surface area contributed by atoms with Gasteiger partial charge in [-0.15, -0.1) is 0 Å². The number of nitrogens with zero attached hydrogens (tertiary/aromatic N) is 3. The minimum Gasteiger partial charge on any atom is -0.348 e. The van der Waals surface area contributed by atoms with Crippen LogP contribution in [0.5, 0.6) is 0 Å². The van der Waals surface area contributed by atoms with Crippen LogP contribution in [-0.4, -0.2) is 27.2 Å². The Labute approximate surface area is 162 Å². The minimum absolute atomic E-state index is 0.136. The van der Waals surface area contributed by atoms with Crippen molar-refractivity contribution in [2.45, 2.75) is 31.7 Å². The number of anilines is 1. The summed E-state index contributed by atoms with van der Waals surface area (Å²) < 4.78 is 1.61. The molecule has 0 unspecified atom stereocenters. The van der Waals surface area contributed by atoms with Crippen LogP contribution in [0.4, 0.5) is 5.69 Å². The van der Waals surface area contributed by atoms with Gasteiger partial charge in [0.05, 0.1) is 17.1 Å². The number of carbonyl (C=O) groups is 2. The van der Waals surface area contributed by atoms with Crippen LogP contribution in [0.15, 0.2) is 48.7 Å². The van der Waals surface area contributed by atoms with Gasteiger partial charge < -0.3 is 10.6 Å². The Kier molecular flexibility index (Phi) is 4.77. The average Bonchev–Trinajstić information content (AvgIpc) is 3.36. The van der Waals surface area contributed by atoms with Crippen molar-refractivity contribution in [2.24, 2.45) is 0 Å². The topological polar surface area (TPSA) is 99.3 Å². The molecule has 2 N–H and O–H groups in total. The summed E-state index contributed by atoms with van der Waals surface area (Å²) in [5, 5.41) is 14.7. The van der Waals surface area contributed by atoms with Crippen molar-refractivity contribution < 1.29 is 9.59 Å². The molecule has 4 rings (SSSR count). The summed E-state index contributed by atoms with van der Waals surface area (Å²) in [6, 6.07) is 14.1. The highest BCUT2D eigenvalue weighted by Gasteiger charge is 2.24. The lowest BCUT2D eigenvalue weighted by molar-refractivity contribution is 0.0935. The first kappa shape index (κ1) is 17.7. The fourth-order valence-electron chi connectivity index (χ4n) is 3.50. The molecule has 1 aliphatic rings. The molecular weight excluding hydrogens is 354 g/mol. The Morgan fingerprint density at radius 3 is 2.54 bits per heavy atom. The van der Waals surface area contributed by atoms with E-state index < -0.39 is 5.91 Å². The number of fused-ring (bicyclic) bond motifs is 1.